The number of hydrogen-bond acceptors (Lipinski definition) is 5. The highest BCUT2D eigenvalue weighted by atomic mass is 16.7. The second-order valence-electron chi connectivity index (χ2n) is 6.48. The molecule has 0 amide bonds. The van der Waals surface area contributed by atoms with E-state index in [0.29, 0.717) is 37.7 Å². The van der Waals surface area contributed by atoms with Gasteiger partial charge in [0.05, 0.1) is 12.2 Å². The Morgan fingerprint density at radius 3 is 2.72 bits per heavy atom. The van der Waals surface area contributed by atoms with Gasteiger partial charge in [0, 0.05) is 6.42 Å². The summed E-state index contributed by atoms with van der Waals surface area (Å²) in [7, 11) is 0. The van der Waals surface area contributed by atoms with Crippen LogP contribution < -0.4 is 0 Å². The predicted molar refractivity (Wildman–Crippen MR) is 90.4 cm³/mol. The number of terminal acetylenes is 1. The van der Waals surface area contributed by atoms with Crippen LogP contribution in [-0.2, 0) is 19.0 Å². The topological polar surface area (TPSA) is 61.8 Å². The van der Waals surface area contributed by atoms with Gasteiger partial charge >= 0.3 is 11.9 Å². The molecule has 1 aliphatic carbocycles. The maximum absolute atomic E-state index is 12.8. The van der Waals surface area contributed by atoms with Crippen molar-refractivity contribution in [3.05, 3.63) is 35.9 Å². The van der Waals surface area contributed by atoms with Gasteiger partial charge in [-0.1, -0.05) is 24.1 Å². The van der Waals surface area contributed by atoms with Crippen molar-refractivity contribution >= 4 is 11.9 Å². The first kappa shape index (κ1) is 17.5. The van der Waals surface area contributed by atoms with Crippen LogP contribution in [0.1, 0.15) is 49.4 Å². The van der Waals surface area contributed by atoms with E-state index in [9.17, 15) is 9.59 Å². The Morgan fingerprint density at radius 2 is 2.04 bits per heavy atom. The fourth-order valence-corrected chi connectivity index (χ4v) is 3.91. The summed E-state index contributed by atoms with van der Waals surface area (Å²) in [5, 5.41) is 0. The fraction of sp³-hybridized carbons (Fsp3) is 0.500. The van der Waals surface area contributed by atoms with Gasteiger partial charge in [-0.05, 0) is 44.7 Å². The molecule has 1 saturated carbocycles. The Balaban J connectivity index is 1.95. The van der Waals surface area contributed by atoms with E-state index in [0.717, 1.165) is 0 Å². The molecule has 2 fully saturated rings. The molecule has 5 heteroatoms. The molecule has 1 aliphatic heterocycles. The number of carbonyl (C=O) groups excluding carboxylic acids is 2. The minimum Gasteiger partial charge on any atom is -0.465 e. The molecule has 0 bridgehead atoms. The maximum Gasteiger partial charge on any atom is 0.340 e. The van der Waals surface area contributed by atoms with Crippen LogP contribution in [0.3, 0.4) is 0 Å². The summed E-state index contributed by atoms with van der Waals surface area (Å²) in [5.74, 6) is 0.326. The van der Waals surface area contributed by atoms with E-state index in [1.165, 1.54) is 0 Å². The second kappa shape index (κ2) is 6.89. The summed E-state index contributed by atoms with van der Waals surface area (Å²) in [5.41, 5.74) is -0.575. The Kier molecular flexibility index (Phi) is 4.82. The van der Waals surface area contributed by atoms with Gasteiger partial charge in [-0.2, -0.15) is 0 Å². The summed E-state index contributed by atoms with van der Waals surface area (Å²) >= 11 is 0. The van der Waals surface area contributed by atoms with Crippen LogP contribution >= 0.6 is 0 Å². The van der Waals surface area contributed by atoms with Crippen molar-refractivity contribution in [3.63, 3.8) is 0 Å². The molecule has 25 heavy (non-hydrogen) atoms. The van der Waals surface area contributed by atoms with Crippen molar-refractivity contribution in [2.24, 2.45) is 5.41 Å². The third-order valence-corrected chi connectivity index (χ3v) is 5.12. The van der Waals surface area contributed by atoms with Gasteiger partial charge in [0.15, 0.2) is 0 Å². The molecule has 0 N–H and O–H groups in total. The fourth-order valence-electron chi connectivity index (χ4n) is 3.91. The summed E-state index contributed by atoms with van der Waals surface area (Å²) < 4.78 is 17.2. The van der Waals surface area contributed by atoms with Crippen LogP contribution in [-0.4, -0.2) is 30.4 Å². The van der Waals surface area contributed by atoms with E-state index < -0.39 is 23.3 Å². The maximum atomic E-state index is 12.8. The monoisotopic (exact) mass is 342 g/mol. The van der Waals surface area contributed by atoms with Crippen molar-refractivity contribution in [3.8, 4) is 12.3 Å². The normalized spacial score (nSPS) is 30.8. The molecule has 1 aromatic carbocycles. The van der Waals surface area contributed by atoms with Gasteiger partial charge in [0.1, 0.15) is 11.5 Å². The number of hydrogen-bond donors (Lipinski definition) is 0. The number of benzene rings is 1. The molecule has 2 aliphatic rings. The molecule has 3 rings (SSSR count). The van der Waals surface area contributed by atoms with Gasteiger partial charge < -0.3 is 14.2 Å². The van der Waals surface area contributed by atoms with E-state index in [2.05, 4.69) is 5.92 Å². The summed E-state index contributed by atoms with van der Waals surface area (Å²) in [6.07, 6.45) is 7.78. The third kappa shape index (κ3) is 2.91. The molecule has 0 spiro atoms. The highest BCUT2D eigenvalue weighted by Crippen LogP contribution is 2.57. The molecule has 5 nitrogen and oxygen atoms in total. The molecule has 0 aromatic heterocycles. The molecule has 3 unspecified atom stereocenters. The lowest BCUT2D eigenvalue weighted by atomic mass is 9.74. The lowest BCUT2D eigenvalue weighted by molar-refractivity contribution is -0.291. The van der Waals surface area contributed by atoms with Crippen LogP contribution in [0, 0.1) is 17.8 Å². The van der Waals surface area contributed by atoms with Crippen LogP contribution in [0.4, 0.5) is 0 Å². The average molecular weight is 342 g/mol. The number of carbonyl (C=O) groups is 2. The van der Waals surface area contributed by atoms with Crippen molar-refractivity contribution in [2.75, 3.05) is 6.61 Å². The number of ether oxygens (including phenoxy) is 3. The molecule has 132 valence electrons. The Hall–Kier alpha value is -2.32. The quantitative estimate of drug-likeness (QED) is 0.621. The molecule has 1 heterocycles. The standard InChI is InChI=1S/C20H22O5/c1-3-16-11-14-19(18(22)23-4-2)12-8-13-20(19,24-16)25-17(21)15-9-6-5-7-10-15/h1,5-7,9-10,16H,4,8,11-14H2,2H3. The Bertz CT molecular complexity index is 692. The molecule has 1 saturated heterocycles. The van der Waals surface area contributed by atoms with Crippen LogP contribution in [0.15, 0.2) is 30.3 Å². The van der Waals surface area contributed by atoms with Gasteiger partial charge in [-0.3, -0.25) is 4.79 Å². The van der Waals surface area contributed by atoms with Gasteiger partial charge in [0.2, 0.25) is 5.79 Å². The van der Waals surface area contributed by atoms with Gasteiger partial charge in [0.25, 0.3) is 0 Å². The highest BCUT2D eigenvalue weighted by molar-refractivity contribution is 5.90. The molecular formula is C20H22O5. The van der Waals surface area contributed by atoms with E-state index in [4.69, 9.17) is 20.6 Å². The molecule has 3 atom stereocenters. The van der Waals surface area contributed by atoms with E-state index in [-0.39, 0.29) is 12.6 Å². The first-order chi connectivity index (χ1) is 12.1. The SMILES string of the molecule is C#CC1CCC2(C(=O)OCC)CCCC2(OC(=O)c2ccccc2)O1. The van der Waals surface area contributed by atoms with E-state index >= 15 is 0 Å². The van der Waals surface area contributed by atoms with Crippen LogP contribution in [0.5, 0.6) is 0 Å². The summed E-state index contributed by atoms with van der Waals surface area (Å²) in [6.45, 7) is 2.02. The van der Waals surface area contributed by atoms with Crippen molar-refractivity contribution in [1.29, 1.82) is 0 Å². The zero-order chi connectivity index (χ0) is 17.9. The minimum absolute atomic E-state index is 0.266. The van der Waals surface area contributed by atoms with E-state index in [1.807, 2.05) is 6.07 Å². The zero-order valence-corrected chi connectivity index (χ0v) is 14.3. The Morgan fingerprint density at radius 1 is 1.28 bits per heavy atom. The summed E-state index contributed by atoms with van der Waals surface area (Å²) in [6, 6.07) is 8.67. The van der Waals surface area contributed by atoms with Crippen LogP contribution in [0.25, 0.3) is 0 Å². The number of esters is 2. The van der Waals surface area contributed by atoms with Crippen LogP contribution in [0.2, 0.25) is 0 Å². The summed E-state index contributed by atoms with van der Waals surface area (Å²) in [4.78, 5) is 25.4. The lowest BCUT2D eigenvalue weighted by Crippen LogP contribution is -2.59. The third-order valence-electron chi connectivity index (χ3n) is 5.12. The van der Waals surface area contributed by atoms with Crippen molar-refractivity contribution in [1.82, 2.24) is 0 Å². The minimum atomic E-state index is -1.36. The van der Waals surface area contributed by atoms with Gasteiger partial charge in [-0.15, -0.1) is 6.42 Å². The number of rotatable bonds is 4. The molecular weight excluding hydrogens is 320 g/mol. The highest BCUT2D eigenvalue weighted by Gasteiger charge is 2.67. The van der Waals surface area contributed by atoms with Gasteiger partial charge in [-0.25, -0.2) is 4.79 Å². The predicted octanol–water partition coefficient (Wildman–Crippen LogP) is 3.09. The molecule has 0 radical (unpaired) electrons. The van der Waals surface area contributed by atoms with E-state index in [1.54, 1.807) is 31.2 Å². The largest absolute Gasteiger partial charge is 0.465 e. The zero-order valence-electron chi connectivity index (χ0n) is 14.3. The average Bonchev–Trinajstić information content (AvgIpc) is 3.01. The second-order valence-corrected chi connectivity index (χ2v) is 6.48. The van der Waals surface area contributed by atoms with Crippen molar-refractivity contribution < 1.29 is 23.8 Å². The first-order valence-corrected chi connectivity index (χ1v) is 8.66. The Labute approximate surface area is 147 Å². The lowest BCUT2D eigenvalue weighted by Gasteiger charge is -2.47. The molecule has 1 aromatic rings. The van der Waals surface area contributed by atoms with Crippen molar-refractivity contribution in [2.45, 2.75) is 50.9 Å². The smallest absolute Gasteiger partial charge is 0.340 e. The first-order valence-electron chi connectivity index (χ1n) is 8.66. The number of fused-ring (bicyclic) bond motifs is 1.